The zero-order valence-corrected chi connectivity index (χ0v) is 23.0. The number of alkyl halides is 3. The summed E-state index contributed by atoms with van der Waals surface area (Å²) in [6.45, 7) is 5.65. The number of rotatable bonds is 4. The van der Waals surface area contributed by atoms with Crippen LogP contribution in [0.2, 0.25) is 0 Å². The van der Waals surface area contributed by atoms with Crippen LogP contribution in [0.3, 0.4) is 0 Å². The molecule has 0 aromatic carbocycles. The van der Waals surface area contributed by atoms with Crippen LogP contribution in [0, 0.1) is 28.6 Å². The average Bonchev–Trinajstić information content (AvgIpc) is 3.37. The predicted molar refractivity (Wildman–Crippen MR) is 136 cm³/mol. The summed E-state index contributed by atoms with van der Waals surface area (Å²) >= 11 is 0.415. The minimum absolute atomic E-state index is 0.0171. The Kier molecular flexibility index (Phi) is 6.75. The monoisotopic (exact) mass is 555 g/mol. The molecule has 5 unspecified atom stereocenters. The van der Waals surface area contributed by atoms with Crippen LogP contribution in [-0.2, 0) is 19.1 Å². The molecule has 0 aromatic rings. The smallest absolute Gasteiger partial charge is 0.324 e. The zero-order valence-electron chi connectivity index (χ0n) is 22.2. The number of esters is 1. The molecule has 38 heavy (non-hydrogen) atoms. The number of hydrogen-bond acceptors (Lipinski definition) is 7. The summed E-state index contributed by atoms with van der Waals surface area (Å²) in [6.07, 6.45) is 1.53. The van der Waals surface area contributed by atoms with Crippen molar-refractivity contribution in [1.29, 1.82) is 0 Å². The minimum atomic E-state index is -2.31. The Balaban J connectivity index is 1.61. The largest absolute Gasteiger partial charge is 0.448 e. The quantitative estimate of drug-likeness (QED) is 0.523. The van der Waals surface area contributed by atoms with Crippen LogP contribution in [0.4, 0.5) is 13.2 Å². The van der Waals surface area contributed by atoms with E-state index in [1.54, 1.807) is 20.9 Å². The van der Waals surface area contributed by atoms with E-state index in [0.717, 1.165) is 12.5 Å². The van der Waals surface area contributed by atoms with Crippen molar-refractivity contribution in [2.45, 2.75) is 82.5 Å². The van der Waals surface area contributed by atoms with Gasteiger partial charge in [-0.25, -0.2) is 13.2 Å². The van der Waals surface area contributed by atoms with Crippen molar-refractivity contribution in [3.8, 4) is 0 Å². The lowest BCUT2D eigenvalue weighted by Crippen LogP contribution is -2.71. The third-order valence-electron chi connectivity index (χ3n) is 10.7. The molecule has 5 rings (SSSR count). The van der Waals surface area contributed by atoms with E-state index < -0.39 is 81.0 Å². The van der Waals surface area contributed by atoms with Crippen LogP contribution in [0.5, 0.6) is 0 Å². The number of aliphatic hydroxyl groups is 1. The summed E-state index contributed by atoms with van der Waals surface area (Å²) in [4.78, 5) is 41.1. The highest BCUT2D eigenvalue weighted by molar-refractivity contribution is 8.13. The second-order valence-corrected chi connectivity index (χ2v) is 13.2. The zero-order chi connectivity index (χ0) is 27.8. The number of aliphatic hydroxyl groups excluding tert-OH is 1. The van der Waals surface area contributed by atoms with E-state index in [9.17, 15) is 23.9 Å². The molecule has 0 spiro atoms. The first kappa shape index (κ1) is 27.9. The number of allylic oxidation sites excluding steroid dienone is 4. The second kappa shape index (κ2) is 9.20. The Morgan fingerprint density at radius 2 is 1.97 bits per heavy atom. The van der Waals surface area contributed by atoms with Crippen molar-refractivity contribution in [2.24, 2.45) is 28.6 Å². The van der Waals surface area contributed by atoms with Gasteiger partial charge in [-0.1, -0.05) is 19.9 Å². The number of hydrogen-bond donors (Lipinski definition) is 1. The van der Waals surface area contributed by atoms with E-state index >= 15 is 8.78 Å². The Labute approximate surface area is 225 Å². The van der Waals surface area contributed by atoms with Crippen molar-refractivity contribution in [1.82, 2.24) is 4.90 Å². The summed E-state index contributed by atoms with van der Waals surface area (Å²) in [5.41, 5.74) is -6.92. The molecule has 10 heteroatoms. The number of carbonyl (C=O) groups is 3. The van der Waals surface area contributed by atoms with Crippen LogP contribution < -0.4 is 0 Å². The van der Waals surface area contributed by atoms with Gasteiger partial charge >= 0.3 is 5.97 Å². The molecule has 5 aliphatic rings. The molecule has 10 atom stereocenters. The fourth-order valence-electron chi connectivity index (χ4n) is 8.81. The van der Waals surface area contributed by atoms with Gasteiger partial charge in [0.25, 0.3) is 0 Å². The Hall–Kier alpha value is -1.65. The van der Waals surface area contributed by atoms with Crippen LogP contribution in [0.15, 0.2) is 23.8 Å². The molecule has 1 heterocycles. The highest BCUT2D eigenvalue weighted by Crippen LogP contribution is 2.72. The topological polar surface area (TPSA) is 83.9 Å². The molecule has 0 radical (unpaired) electrons. The lowest BCUT2D eigenvalue weighted by Gasteiger charge is -2.63. The molecule has 0 bridgehead atoms. The van der Waals surface area contributed by atoms with Crippen molar-refractivity contribution in [3.05, 3.63) is 23.8 Å². The summed E-state index contributed by atoms with van der Waals surface area (Å²) in [5, 5.41) is 10.9. The number of nitrogens with zero attached hydrogens (tertiary/aromatic N) is 1. The van der Waals surface area contributed by atoms with Gasteiger partial charge in [0, 0.05) is 22.7 Å². The molecular formula is C28H36F3NO5S. The molecule has 0 aromatic heterocycles. The summed E-state index contributed by atoms with van der Waals surface area (Å²) in [7, 11) is 1.80. The van der Waals surface area contributed by atoms with Gasteiger partial charge < -0.3 is 9.84 Å². The number of likely N-dealkylation sites (N-methyl/N-ethyl adjacent to an activating group) is 1. The lowest BCUT2D eigenvalue weighted by atomic mass is 9.44. The average molecular weight is 556 g/mol. The third-order valence-corrected chi connectivity index (χ3v) is 11.4. The Bertz CT molecular complexity index is 1120. The molecule has 0 amide bonds. The van der Waals surface area contributed by atoms with Crippen LogP contribution in [0.25, 0.3) is 0 Å². The number of thioether (sulfide) groups is 1. The van der Waals surface area contributed by atoms with Gasteiger partial charge in [0.1, 0.15) is 18.2 Å². The van der Waals surface area contributed by atoms with Crippen molar-refractivity contribution >= 4 is 28.6 Å². The van der Waals surface area contributed by atoms with Crippen molar-refractivity contribution in [3.63, 3.8) is 0 Å². The van der Waals surface area contributed by atoms with E-state index in [0.29, 0.717) is 24.7 Å². The van der Waals surface area contributed by atoms with Crippen LogP contribution >= 0.6 is 11.8 Å². The summed E-state index contributed by atoms with van der Waals surface area (Å²) in [6, 6.07) is -1.58. The highest BCUT2D eigenvalue weighted by atomic mass is 32.2. The van der Waals surface area contributed by atoms with E-state index in [4.69, 9.17) is 4.74 Å². The lowest BCUT2D eigenvalue weighted by molar-refractivity contribution is -0.229. The third kappa shape index (κ3) is 3.44. The van der Waals surface area contributed by atoms with E-state index in [1.165, 1.54) is 19.1 Å². The summed E-state index contributed by atoms with van der Waals surface area (Å²) < 4.78 is 52.9. The molecule has 1 aliphatic heterocycles. The fraction of sp³-hybridized carbons (Fsp3) is 0.750. The molecule has 3 saturated carbocycles. The fourth-order valence-corrected chi connectivity index (χ4v) is 9.60. The van der Waals surface area contributed by atoms with Gasteiger partial charge in [0.05, 0.1) is 6.10 Å². The predicted octanol–water partition coefficient (Wildman–Crippen LogP) is 4.11. The van der Waals surface area contributed by atoms with Gasteiger partial charge in [0.15, 0.2) is 17.1 Å². The first-order valence-electron chi connectivity index (χ1n) is 13.4. The molecule has 6 nitrogen and oxygen atoms in total. The highest BCUT2D eigenvalue weighted by Gasteiger charge is 2.78. The first-order valence-corrected chi connectivity index (χ1v) is 14.4. The van der Waals surface area contributed by atoms with E-state index in [2.05, 4.69) is 0 Å². The van der Waals surface area contributed by atoms with Gasteiger partial charge in [-0.05, 0) is 88.0 Å². The molecule has 1 saturated heterocycles. The number of fused-ring (bicyclic) bond motifs is 5. The number of likely N-dealkylation sites (tertiary alicyclic amines) is 1. The Morgan fingerprint density at radius 3 is 2.61 bits per heavy atom. The standard InChI is InChI=1S/C28H36F3NO5S/c1-15-10-17-18-12-20(30)19-11-16(33)7-8-25(19,2)27(18,31)22(34)13-26(17,3)28(15,24(36)38-14-29)37-23(35)21-6-5-9-32(21)4/h7-8,11,15,17-18,20-22,34H,5-6,9-10,12-14H2,1-4H3/t15?,17-,18-,20?,21-,22?,25-,26-,27?,28?/m0/s1. The van der Waals surface area contributed by atoms with Crippen LogP contribution in [0.1, 0.15) is 52.9 Å². The first-order chi connectivity index (χ1) is 17.8. The maximum Gasteiger partial charge on any atom is 0.324 e. The molecule has 210 valence electrons. The van der Waals surface area contributed by atoms with E-state index in [-0.39, 0.29) is 24.8 Å². The van der Waals surface area contributed by atoms with Gasteiger partial charge in [-0.2, -0.15) is 0 Å². The van der Waals surface area contributed by atoms with Crippen molar-refractivity contribution < 1.29 is 37.4 Å². The summed E-state index contributed by atoms with van der Waals surface area (Å²) in [5.74, 6) is -3.28. The van der Waals surface area contributed by atoms with Gasteiger partial charge in [-0.15, -0.1) is 0 Å². The van der Waals surface area contributed by atoms with Crippen molar-refractivity contribution in [2.75, 3.05) is 19.6 Å². The normalized spacial score (nSPS) is 48.2. The molecular weight excluding hydrogens is 519 g/mol. The second-order valence-electron chi connectivity index (χ2n) is 12.3. The van der Waals surface area contributed by atoms with E-state index in [1.807, 2.05) is 4.90 Å². The maximum absolute atomic E-state index is 17.4. The maximum atomic E-state index is 17.4. The number of carbonyl (C=O) groups excluding carboxylic acids is 3. The number of ketones is 1. The Morgan fingerprint density at radius 1 is 1.26 bits per heavy atom. The van der Waals surface area contributed by atoms with Crippen LogP contribution in [-0.4, -0.2) is 76.1 Å². The SMILES string of the molecule is CC1C[C@H]2[C@@H]3CC(F)C4=CC(=O)C=C[C@]4(C)C3(F)C(O)C[C@]2(C)C1(OC(=O)[C@@H]1CCCN1C)C(=O)SCF. The molecule has 4 aliphatic carbocycles. The molecule has 1 N–H and O–H groups in total. The minimum Gasteiger partial charge on any atom is -0.448 e. The van der Waals surface area contributed by atoms with Gasteiger partial charge in [0.2, 0.25) is 5.12 Å². The number of ether oxygens (including phenoxy) is 1. The number of halogens is 3. The molecule has 4 fully saturated rings. The van der Waals surface area contributed by atoms with Gasteiger partial charge in [-0.3, -0.25) is 19.3 Å².